The third kappa shape index (κ3) is 3.65. The maximum absolute atomic E-state index is 11.6. The molecule has 1 rings (SSSR count). The van der Waals surface area contributed by atoms with Gasteiger partial charge >= 0.3 is 0 Å². The van der Waals surface area contributed by atoms with Gasteiger partial charge in [0.15, 0.2) is 5.78 Å². The lowest BCUT2D eigenvalue weighted by molar-refractivity contribution is 0.0761. The maximum Gasteiger partial charge on any atom is 0.188 e. The van der Waals surface area contributed by atoms with E-state index in [-0.39, 0.29) is 12.4 Å². The lowest BCUT2D eigenvalue weighted by Crippen LogP contribution is -2.09. The number of rotatable bonds is 5. The smallest absolute Gasteiger partial charge is 0.188 e. The Morgan fingerprint density at radius 1 is 1.47 bits per heavy atom. The summed E-state index contributed by atoms with van der Waals surface area (Å²) in [6.07, 6.45) is 0.924. The average molecular weight is 227 g/mol. The van der Waals surface area contributed by atoms with Crippen LogP contribution in [0.15, 0.2) is 18.2 Å². The van der Waals surface area contributed by atoms with E-state index in [1.807, 2.05) is 13.8 Å². The Balaban J connectivity index is 2.62. The zero-order valence-corrected chi connectivity index (χ0v) is 9.80. The molecule has 0 fully saturated rings. The van der Waals surface area contributed by atoms with Crippen molar-refractivity contribution in [1.29, 1.82) is 0 Å². The summed E-state index contributed by atoms with van der Waals surface area (Å²) in [5, 5.41) is 0.682. The summed E-state index contributed by atoms with van der Waals surface area (Å²) in [7, 11) is 0. The molecule has 82 valence electrons. The third-order valence-corrected chi connectivity index (χ3v) is 2.49. The maximum atomic E-state index is 11.6. The van der Waals surface area contributed by atoms with Gasteiger partial charge in [-0.3, -0.25) is 4.79 Å². The van der Waals surface area contributed by atoms with E-state index in [1.165, 1.54) is 0 Å². The molecule has 0 N–H and O–H groups in total. The van der Waals surface area contributed by atoms with E-state index in [0.717, 1.165) is 12.0 Å². The third-order valence-electron chi connectivity index (χ3n) is 2.06. The first-order valence-electron chi connectivity index (χ1n) is 5.02. The van der Waals surface area contributed by atoms with E-state index in [9.17, 15) is 4.79 Å². The van der Waals surface area contributed by atoms with E-state index in [4.69, 9.17) is 16.3 Å². The minimum atomic E-state index is 0.00298. The highest BCUT2D eigenvalue weighted by Gasteiger charge is 2.06. The molecule has 3 heteroatoms. The van der Waals surface area contributed by atoms with Crippen molar-refractivity contribution in [2.24, 2.45) is 0 Å². The Labute approximate surface area is 95.2 Å². The highest BCUT2D eigenvalue weighted by Crippen LogP contribution is 2.16. The highest BCUT2D eigenvalue weighted by atomic mass is 35.5. The molecule has 0 saturated heterocycles. The van der Waals surface area contributed by atoms with Gasteiger partial charge in [-0.15, -0.1) is 0 Å². The first kappa shape index (κ1) is 12.2. The van der Waals surface area contributed by atoms with Gasteiger partial charge in [-0.1, -0.05) is 18.5 Å². The van der Waals surface area contributed by atoms with Crippen molar-refractivity contribution < 1.29 is 9.53 Å². The van der Waals surface area contributed by atoms with Crippen molar-refractivity contribution in [3.8, 4) is 0 Å². The fourth-order valence-electron chi connectivity index (χ4n) is 1.21. The topological polar surface area (TPSA) is 26.3 Å². The van der Waals surface area contributed by atoms with Crippen molar-refractivity contribution in [1.82, 2.24) is 0 Å². The van der Waals surface area contributed by atoms with Crippen LogP contribution in [-0.2, 0) is 4.74 Å². The van der Waals surface area contributed by atoms with Crippen LogP contribution in [0.5, 0.6) is 0 Å². The fraction of sp³-hybridized carbons (Fsp3) is 0.417. The summed E-state index contributed by atoms with van der Waals surface area (Å²) < 4.78 is 5.19. The summed E-state index contributed by atoms with van der Waals surface area (Å²) in [6.45, 7) is 4.66. The molecule has 0 unspecified atom stereocenters. The molecule has 0 aliphatic rings. The number of carbonyl (C=O) groups is 1. The van der Waals surface area contributed by atoms with Crippen LogP contribution >= 0.6 is 11.6 Å². The summed E-state index contributed by atoms with van der Waals surface area (Å²) in [5.74, 6) is 0.00298. The molecule has 0 bridgehead atoms. The van der Waals surface area contributed by atoms with Crippen LogP contribution in [0.4, 0.5) is 0 Å². The summed E-state index contributed by atoms with van der Waals surface area (Å²) >= 11 is 5.87. The lowest BCUT2D eigenvalue weighted by atomic mass is 10.1. The molecule has 0 saturated carbocycles. The van der Waals surface area contributed by atoms with Crippen molar-refractivity contribution >= 4 is 17.4 Å². The van der Waals surface area contributed by atoms with Crippen molar-refractivity contribution in [2.75, 3.05) is 13.2 Å². The Hall–Kier alpha value is -0.860. The van der Waals surface area contributed by atoms with Crippen LogP contribution in [0.3, 0.4) is 0 Å². The van der Waals surface area contributed by atoms with Crippen LogP contribution in [0.1, 0.15) is 29.3 Å². The molecule has 15 heavy (non-hydrogen) atoms. The van der Waals surface area contributed by atoms with Gasteiger partial charge in [0.2, 0.25) is 0 Å². The van der Waals surface area contributed by atoms with Crippen molar-refractivity contribution in [3.05, 3.63) is 34.3 Å². The first-order chi connectivity index (χ1) is 7.15. The number of ether oxygens (including phenoxy) is 1. The molecular formula is C12H15ClO2. The second-order valence-electron chi connectivity index (χ2n) is 3.44. The normalized spacial score (nSPS) is 10.3. The molecule has 1 aromatic carbocycles. The predicted octanol–water partition coefficient (Wildman–Crippen LogP) is 3.26. The highest BCUT2D eigenvalue weighted by molar-refractivity contribution is 6.31. The number of benzene rings is 1. The van der Waals surface area contributed by atoms with Gasteiger partial charge in [0.1, 0.15) is 6.61 Å². The lowest BCUT2D eigenvalue weighted by Gasteiger charge is -2.04. The second-order valence-corrected chi connectivity index (χ2v) is 3.85. The second kappa shape index (κ2) is 5.89. The average Bonchev–Trinajstić information content (AvgIpc) is 2.22. The standard InChI is InChI=1S/C12H15ClO2/c1-3-6-15-8-12(14)10-4-5-11(13)9(2)7-10/h4-5,7H,3,6,8H2,1-2H3. The van der Waals surface area contributed by atoms with E-state index < -0.39 is 0 Å². The predicted molar refractivity (Wildman–Crippen MR) is 61.6 cm³/mol. The Morgan fingerprint density at radius 3 is 2.80 bits per heavy atom. The van der Waals surface area contributed by atoms with Gasteiger partial charge in [-0.2, -0.15) is 0 Å². The molecule has 0 radical (unpaired) electrons. The van der Waals surface area contributed by atoms with E-state index >= 15 is 0 Å². The number of carbonyl (C=O) groups excluding carboxylic acids is 1. The number of aryl methyl sites for hydroxylation is 1. The number of hydrogen-bond donors (Lipinski definition) is 0. The quantitative estimate of drug-likeness (QED) is 0.569. The minimum Gasteiger partial charge on any atom is -0.373 e. The van der Waals surface area contributed by atoms with Gasteiger partial charge in [0.05, 0.1) is 0 Å². The number of hydrogen-bond acceptors (Lipinski definition) is 2. The van der Waals surface area contributed by atoms with Gasteiger partial charge in [0, 0.05) is 17.2 Å². The van der Waals surface area contributed by atoms with E-state index in [0.29, 0.717) is 17.2 Å². The van der Waals surface area contributed by atoms with Gasteiger partial charge in [-0.25, -0.2) is 0 Å². The summed E-state index contributed by atoms with van der Waals surface area (Å²) in [5.41, 5.74) is 1.58. The molecular weight excluding hydrogens is 212 g/mol. The van der Waals surface area contributed by atoms with Crippen LogP contribution < -0.4 is 0 Å². The molecule has 0 spiro atoms. The van der Waals surface area contributed by atoms with Crippen molar-refractivity contribution in [2.45, 2.75) is 20.3 Å². The van der Waals surface area contributed by atoms with Gasteiger partial charge in [0.25, 0.3) is 0 Å². The molecule has 0 amide bonds. The van der Waals surface area contributed by atoms with Crippen molar-refractivity contribution in [3.63, 3.8) is 0 Å². The molecule has 0 aliphatic carbocycles. The Morgan fingerprint density at radius 2 is 2.20 bits per heavy atom. The van der Waals surface area contributed by atoms with Crippen LogP contribution in [0.2, 0.25) is 5.02 Å². The van der Waals surface area contributed by atoms with Crippen LogP contribution in [0.25, 0.3) is 0 Å². The minimum absolute atomic E-state index is 0.00298. The fourth-order valence-corrected chi connectivity index (χ4v) is 1.33. The van der Waals surface area contributed by atoms with E-state index in [1.54, 1.807) is 18.2 Å². The number of Topliss-reactive ketones (excluding diaryl/α,β-unsaturated/α-hetero) is 1. The van der Waals surface area contributed by atoms with Crippen LogP contribution in [-0.4, -0.2) is 19.0 Å². The molecule has 0 aliphatic heterocycles. The molecule has 2 nitrogen and oxygen atoms in total. The van der Waals surface area contributed by atoms with E-state index in [2.05, 4.69) is 0 Å². The molecule has 0 aromatic heterocycles. The monoisotopic (exact) mass is 226 g/mol. The SMILES string of the molecule is CCCOCC(=O)c1ccc(Cl)c(C)c1. The van der Waals surface area contributed by atoms with Gasteiger partial charge < -0.3 is 4.74 Å². The Bertz CT molecular complexity index is 347. The zero-order chi connectivity index (χ0) is 11.3. The summed E-state index contributed by atoms with van der Waals surface area (Å²) in [4.78, 5) is 11.6. The molecule has 1 aromatic rings. The largest absolute Gasteiger partial charge is 0.373 e. The Kier molecular flexibility index (Phi) is 4.79. The number of halogens is 1. The summed E-state index contributed by atoms with van der Waals surface area (Å²) in [6, 6.07) is 5.26. The first-order valence-corrected chi connectivity index (χ1v) is 5.40. The molecule has 0 atom stereocenters. The number of ketones is 1. The molecule has 0 heterocycles. The zero-order valence-electron chi connectivity index (χ0n) is 9.05. The van der Waals surface area contributed by atoms with Gasteiger partial charge in [-0.05, 0) is 37.1 Å². The van der Waals surface area contributed by atoms with Crippen LogP contribution in [0, 0.1) is 6.92 Å².